The van der Waals surface area contributed by atoms with Gasteiger partial charge in [0.1, 0.15) is 5.71 Å². The molecule has 0 radical (unpaired) electrons. The highest BCUT2D eigenvalue weighted by Crippen LogP contribution is 1.92. The standard InChI is InChI=1S/C9H11NO2/c1-5-6-8(4)10-12-9(11)7(2)3/h2H2,1,3-4H3/b10-8-. The zero-order chi connectivity index (χ0) is 9.56. The smallest absolute Gasteiger partial charge is 0.312 e. The Morgan fingerprint density at radius 3 is 2.50 bits per heavy atom. The molecule has 3 heteroatoms. The van der Waals surface area contributed by atoms with Crippen LogP contribution in [0, 0.1) is 11.8 Å². The molecule has 0 unspecified atom stereocenters. The average Bonchev–Trinajstić information content (AvgIpc) is 2.00. The van der Waals surface area contributed by atoms with E-state index in [1.54, 1.807) is 20.8 Å². The minimum Gasteiger partial charge on any atom is -0.312 e. The number of rotatable bonds is 2. The van der Waals surface area contributed by atoms with Crippen LogP contribution in [-0.2, 0) is 9.63 Å². The van der Waals surface area contributed by atoms with Crippen molar-refractivity contribution in [1.29, 1.82) is 0 Å². The summed E-state index contributed by atoms with van der Waals surface area (Å²) in [7, 11) is 0. The largest absolute Gasteiger partial charge is 0.360 e. The van der Waals surface area contributed by atoms with Gasteiger partial charge in [0.25, 0.3) is 0 Å². The van der Waals surface area contributed by atoms with Crippen molar-refractivity contribution in [3.05, 3.63) is 12.2 Å². The molecule has 0 aromatic carbocycles. The highest BCUT2D eigenvalue weighted by Gasteiger charge is 2.01. The highest BCUT2D eigenvalue weighted by atomic mass is 16.7. The van der Waals surface area contributed by atoms with Crippen LogP contribution in [0.5, 0.6) is 0 Å². The number of oxime groups is 1. The van der Waals surface area contributed by atoms with Crippen LogP contribution in [0.15, 0.2) is 17.3 Å². The third-order valence-electron chi connectivity index (χ3n) is 0.920. The van der Waals surface area contributed by atoms with E-state index in [4.69, 9.17) is 0 Å². The monoisotopic (exact) mass is 165 g/mol. The van der Waals surface area contributed by atoms with Crippen LogP contribution in [0.3, 0.4) is 0 Å². The maximum atomic E-state index is 10.8. The first-order valence-corrected chi connectivity index (χ1v) is 3.42. The molecule has 0 spiro atoms. The lowest BCUT2D eigenvalue weighted by molar-refractivity contribution is -0.138. The molecule has 0 aliphatic heterocycles. The second kappa shape index (κ2) is 5.14. The summed E-state index contributed by atoms with van der Waals surface area (Å²) in [6.45, 7) is 8.29. The van der Waals surface area contributed by atoms with E-state index in [9.17, 15) is 4.79 Å². The van der Waals surface area contributed by atoms with Gasteiger partial charge >= 0.3 is 5.97 Å². The predicted molar refractivity (Wildman–Crippen MR) is 47.5 cm³/mol. The summed E-state index contributed by atoms with van der Waals surface area (Å²) in [5, 5.41) is 3.47. The first-order valence-electron chi connectivity index (χ1n) is 3.42. The van der Waals surface area contributed by atoms with Crippen LogP contribution < -0.4 is 0 Å². The van der Waals surface area contributed by atoms with E-state index >= 15 is 0 Å². The van der Waals surface area contributed by atoms with Crippen LogP contribution in [0.4, 0.5) is 0 Å². The van der Waals surface area contributed by atoms with Gasteiger partial charge in [-0.2, -0.15) is 0 Å². The molecule has 0 atom stereocenters. The van der Waals surface area contributed by atoms with Gasteiger partial charge in [-0.15, -0.1) is 0 Å². The Bertz CT molecular complexity index is 279. The van der Waals surface area contributed by atoms with E-state index in [2.05, 4.69) is 28.4 Å². The molecule has 0 aromatic rings. The van der Waals surface area contributed by atoms with E-state index in [1.807, 2.05) is 0 Å². The average molecular weight is 165 g/mol. The van der Waals surface area contributed by atoms with E-state index in [0.29, 0.717) is 11.3 Å². The topological polar surface area (TPSA) is 38.7 Å². The summed E-state index contributed by atoms with van der Waals surface area (Å²) in [5.74, 6) is 4.72. The van der Waals surface area contributed by atoms with Gasteiger partial charge in [0.2, 0.25) is 0 Å². The lowest BCUT2D eigenvalue weighted by Gasteiger charge is -1.94. The van der Waals surface area contributed by atoms with E-state index in [-0.39, 0.29) is 0 Å². The van der Waals surface area contributed by atoms with Gasteiger partial charge in [0.15, 0.2) is 0 Å². The molecule has 0 fully saturated rings. The Hall–Kier alpha value is -1.56. The maximum absolute atomic E-state index is 10.8. The van der Waals surface area contributed by atoms with Crippen LogP contribution in [0.25, 0.3) is 0 Å². The molecule has 0 aliphatic rings. The summed E-state index contributed by atoms with van der Waals surface area (Å²) in [6.07, 6.45) is 0. The molecule has 0 amide bonds. The van der Waals surface area contributed by atoms with Gasteiger partial charge < -0.3 is 4.84 Å². The number of carbonyl (C=O) groups is 1. The summed E-state index contributed by atoms with van der Waals surface area (Å²) >= 11 is 0. The van der Waals surface area contributed by atoms with E-state index < -0.39 is 5.97 Å². The van der Waals surface area contributed by atoms with Crippen LogP contribution in [0.2, 0.25) is 0 Å². The zero-order valence-corrected chi connectivity index (χ0v) is 7.47. The van der Waals surface area contributed by atoms with Gasteiger partial charge in [0, 0.05) is 5.57 Å². The van der Waals surface area contributed by atoms with Crippen molar-refractivity contribution in [2.45, 2.75) is 20.8 Å². The SMILES string of the molecule is C=C(C)C(=O)O/N=C(/C)C#CC. The quantitative estimate of drug-likeness (QED) is 0.204. The fourth-order valence-electron chi connectivity index (χ4n) is 0.392. The molecule has 64 valence electrons. The maximum Gasteiger partial charge on any atom is 0.360 e. The normalized spacial score (nSPS) is 9.75. The number of carbonyl (C=O) groups excluding carboxylic acids is 1. The molecule has 0 rings (SSSR count). The first-order chi connectivity index (χ1) is 5.57. The number of nitrogens with zero attached hydrogens (tertiary/aromatic N) is 1. The third-order valence-corrected chi connectivity index (χ3v) is 0.920. The summed E-state index contributed by atoms with van der Waals surface area (Å²) in [4.78, 5) is 15.2. The van der Waals surface area contributed by atoms with Crippen molar-refractivity contribution in [3.63, 3.8) is 0 Å². The van der Waals surface area contributed by atoms with Crippen molar-refractivity contribution in [2.24, 2.45) is 5.16 Å². The molecule has 3 nitrogen and oxygen atoms in total. The Labute approximate surface area is 72.1 Å². The molecule has 0 bridgehead atoms. The molecule has 0 aromatic heterocycles. The number of hydrogen-bond donors (Lipinski definition) is 0. The molecule has 0 heterocycles. The molecule has 0 N–H and O–H groups in total. The van der Waals surface area contributed by atoms with Crippen molar-refractivity contribution >= 4 is 11.7 Å². The van der Waals surface area contributed by atoms with Gasteiger partial charge in [-0.3, -0.25) is 0 Å². The van der Waals surface area contributed by atoms with Gasteiger partial charge in [-0.1, -0.05) is 17.7 Å². The Morgan fingerprint density at radius 2 is 2.08 bits per heavy atom. The molecular formula is C9H11NO2. The molecule has 0 aliphatic carbocycles. The third kappa shape index (κ3) is 4.29. The van der Waals surface area contributed by atoms with Crippen molar-refractivity contribution in [1.82, 2.24) is 0 Å². The second-order valence-electron chi connectivity index (χ2n) is 2.21. The minimum absolute atomic E-state index is 0.316. The fraction of sp³-hybridized carbons (Fsp3) is 0.333. The van der Waals surface area contributed by atoms with Crippen LogP contribution in [0.1, 0.15) is 20.8 Å². The number of hydrogen-bond acceptors (Lipinski definition) is 3. The van der Waals surface area contributed by atoms with Crippen molar-refractivity contribution in [3.8, 4) is 11.8 Å². The lowest BCUT2D eigenvalue weighted by Crippen LogP contribution is -2.01. The summed E-state index contributed by atoms with van der Waals surface area (Å²) in [5.41, 5.74) is 0.781. The van der Waals surface area contributed by atoms with Gasteiger partial charge in [0.05, 0.1) is 0 Å². The van der Waals surface area contributed by atoms with E-state index in [1.165, 1.54) is 0 Å². The van der Waals surface area contributed by atoms with Crippen LogP contribution in [-0.4, -0.2) is 11.7 Å². The van der Waals surface area contributed by atoms with Gasteiger partial charge in [-0.25, -0.2) is 4.79 Å². The summed E-state index contributed by atoms with van der Waals surface area (Å²) in [6, 6.07) is 0. The summed E-state index contributed by atoms with van der Waals surface area (Å²) < 4.78 is 0. The van der Waals surface area contributed by atoms with E-state index in [0.717, 1.165) is 0 Å². The molecule has 0 saturated carbocycles. The Kier molecular flexibility index (Phi) is 4.47. The van der Waals surface area contributed by atoms with Gasteiger partial charge in [-0.05, 0) is 26.7 Å². The lowest BCUT2D eigenvalue weighted by atomic mass is 10.4. The van der Waals surface area contributed by atoms with Crippen molar-refractivity contribution in [2.75, 3.05) is 0 Å². The zero-order valence-electron chi connectivity index (χ0n) is 7.47. The predicted octanol–water partition coefficient (Wildman–Crippen LogP) is 1.50. The second-order valence-corrected chi connectivity index (χ2v) is 2.21. The van der Waals surface area contributed by atoms with Crippen molar-refractivity contribution < 1.29 is 9.63 Å². The molecule has 0 saturated heterocycles. The fourth-order valence-corrected chi connectivity index (χ4v) is 0.392. The Balaban J connectivity index is 4.11. The Morgan fingerprint density at radius 1 is 1.50 bits per heavy atom. The minimum atomic E-state index is -0.535. The highest BCUT2D eigenvalue weighted by molar-refractivity contribution is 5.98. The first kappa shape index (κ1) is 10.4. The molecular weight excluding hydrogens is 154 g/mol. The molecule has 12 heavy (non-hydrogen) atoms. The van der Waals surface area contributed by atoms with Crippen LogP contribution >= 0.6 is 0 Å².